The van der Waals surface area contributed by atoms with Gasteiger partial charge in [0.25, 0.3) is 0 Å². The lowest BCUT2D eigenvalue weighted by Gasteiger charge is -2.19. The number of hydrogen-bond acceptors (Lipinski definition) is 5. The van der Waals surface area contributed by atoms with Gasteiger partial charge in [-0.25, -0.2) is 0 Å². The number of carbonyl (C=O) groups is 2. The molecule has 2 amide bonds. The van der Waals surface area contributed by atoms with E-state index < -0.39 is 36.0 Å². The maximum absolute atomic E-state index is 13.7. The number of nitrogen functional groups attached to an aromatic ring is 1. The molecule has 0 bridgehead atoms. The van der Waals surface area contributed by atoms with Crippen LogP contribution in [0.4, 0.5) is 18.9 Å². The highest BCUT2D eigenvalue weighted by atomic mass is 32.1. The summed E-state index contributed by atoms with van der Waals surface area (Å²) in [5, 5.41) is 16.2. The van der Waals surface area contributed by atoms with Crippen LogP contribution in [0.5, 0.6) is 5.75 Å². The fraction of sp³-hybridized carbons (Fsp3) is 0.240. The van der Waals surface area contributed by atoms with Crippen LogP contribution in [0, 0.1) is 5.41 Å². The van der Waals surface area contributed by atoms with Crippen LogP contribution in [0.1, 0.15) is 41.6 Å². The van der Waals surface area contributed by atoms with Gasteiger partial charge in [0.1, 0.15) is 18.0 Å². The molecule has 0 aliphatic heterocycles. The smallest absolute Gasteiger partial charge is 0.419 e. The quantitative estimate of drug-likeness (QED) is 0.174. The maximum atomic E-state index is 13.7. The minimum Gasteiger partial charge on any atom is -0.493 e. The third kappa shape index (κ3) is 7.57. The molecule has 0 aliphatic carbocycles. The molecule has 0 radical (unpaired) electrons. The topological polar surface area (TPSA) is 117 Å². The van der Waals surface area contributed by atoms with E-state index in [1.54, 1.807) is 12.1 Å². The SMILES string of the molecule is CC(NC(=O)CC(=O)Nc1ccc(C(=N)N)cc1)c1ccc(OCCc2ccsc2)c(C(F)(F)F)c1. The molecule has 11 heteroatoms. The summed E-state index contributed by atoms with van der Waals surface area (Å²) in [4.78, 5) is 24.5. The van der Waals surface area contributed by atoms with Gasteiger partial charge in [0, 0.05) is 17.7 Å². The molecule has 2 aromatic carbocycles. The first-order chi connectivity index (χ1) is 17.0. The lowest BCUT2D eigenvalue weighted by atomic mass is 10.0. The van der Waals surface area contributed by atoms with Crippen molar-refractivity contribution in [2.75, 3.05) is 11.9 Å². The Kier molecular flexibility index (Phi) is 8.70. The summed E-state index contributed by atoms with van der Waals surface area (Å²) in [5.74, 6) is -1.64. The number of ether oxygens (including phenoxy) is 1. The van der Waals surface area contributed by atoms with Crippen molar-refractivity contribution in [3.8, 4) is 5.75 Å². The predicted octanol–water partition coefficient (Wildman–Crippen LogP) is 4.88. The highest BCUT2D eigenvalue weighted by Gasteiger charge is 2.35. The summed E-state index contributed by atoms with van der Waals surface area (Å²) < 4.78 is 46.4. The van der Waals surface area contributed by atoms with Gasteiger partial charge in [-0.05, 0) is 71.3 Å². The number of hydrogen-bond donors (Lipinski definition) is 4. The van der Waals surface area contributed by atoms with Gasteiger partial charge in [-0.15, -0.1) is 0 Å². The number of thiophene rings is 1. The van der Waals surface area contributed by atoms with Crippen LogP contribution in [0.2, 0.25) is 0 Å². The van der Waals surface area contributed by atoms with Crippen molar-refractivity contribution < 1.29 is 27.5 Å². The second-order valence-corrected chi connectivity index (χ2v) is 8.77. The van der Waals surface area contributed by atoms with E-state index in [-0.39, 0.29) is 23.8 Å². The first-order valence-corrected chi connectivity index (χ1v) is 11.9. The van der Waals surface area contributed by atoms with Crippen LogP contribution >= 0.6 is 11.3 Å². The Morgan fingerprint density at radius 1 is 1.11 bits per heavy atom. The van der Waals surface area contributed by atoms with Gasteiger partial charge in [-0.2, -0.15) is 24.5 Å². The van der Waals surface area contributed by atoms with Crippen LogP contribution < -0.4 is 21.1 Å². The molecule has 1 atom stereocenters. The van der Waals surface area contributed by atoms with Crippen LogP contribution in [0.25, 0.3) is 0 Å². The van der Waals surface area contributed by atoms with Crippen molar-refractivity contribution in [1.82, 2.24) is 5.32 Å². The number of alkyl halides is 3. The van der Waals surface area contributed by atoms with Crippen LogP contribution in [0.15, 0.2) is 59.3 Å². The van der Waals surface area contributed by atoms with E-state index in [4.69, 9.17) is 15.9 Å². The molecule has 7 nitrogen and oxygen atoms in total. The molecule has 3 aromatic rings. The summed E-state index contributed by atoms with van der Waals surface area (Å²) in [6, 6.07) is 10.9. The summed E-state index contributed by atoms with van der Waals surface area (Å²) in [6.45, 7) is 1.63. The third-order valence-corrected chi connectivity index (χ3v) is 5.95. The number of benzene rings is 2. The lowest BCUT2D eigenvalue weighted by molar-refractivity contribution is -0.139. The van der Waals surface area contributed by atoms with Gasteiger partial charge >= 0.3 is 6.18 Å². The van der Waals surface area contributed by atoms with Gasteiger partial charge in [0.05, 0.1) is 18.2 Å². The van der Waals surface area contributed by atoms with Gasteiger partial charge in [-0.1, -0.05) is 6.07 Å². The Bertz CT molecular complexity index is 1210. The van der Waals surface area contributed by atoms with Crippen molar-refractivity contribution in [2.45, 2.75) is 32.0 Å². The standard InChI is InChI=1S/C25H25F3N4O3S/c1-15(31-22(33)13-23(34)32-19-5-2-17(3-6-19)24(29)30)18-4-7-21(20(12-18)25(26,27)28)35-10-8-16-9-11-36-14-16/h2-7,9,11-12,14-15H,8,10,13H2,1H3,(H3,29,30)(H,31,33)(H,32,34). The molecule has 3 rings (SSSR count). The number of nitrogens with one attached hydrogen (secondary N) is 3. The molecule has 0 spiro atoms. The van der Waals surface area contributed by atoms with E-state index in [2.05, 4.69) is 10.6 Å². The molecule has 0 fully saturated rings. The summed E-state index contributed by atoms with van der Waals surface area (Å²) in [7, 11) is 0. The zero-order valence-corrected chi connectivity index (χ0v) is 20.1. The second kappa shape index (κ2) is 11.7. The van der Waals surface area contributed by atoms with Gasteiger partial charge in [0.2, 0.25) is 11.8 Å². The van der Waals surface area contributed by atoms with Crippen molar-refractivity contribution in [2.24, 2.45) is 5.73 Å². The van der Waals surface area contributed by atoms with Gasteiger partial charge < -0.3 is 21.1 Å². The highest BCUT2D eigenvalue weighted by molar-refractivity contribution is 7.07. The molecule has 0 saturated carbocycles. The average molecular weight is 519 g/mol. The molecule has 36 heavy (non-hydrogen) atoms. The molecule has 1 unspecified atom stereocenters. The molecule has 190 valence electrons. The van der Waals surface area contributed by atoms with Crippen LogP contribution in [-0.2, 0) is 22.2 Å². The van der Waals surface area contributed by atoms with Gasteiger partial charge in [-0.3, -0.25) is 15.0 Å². The number of carbonyl (C=O) groups excluding carboxylic acids is 2. The largest absolute Gasteiger partial charge is 0.493 e. The fourth-order valence-electron chi connectivity index (χ4n) is 3.34. The van der Waals surface area contributed by atoms with E-state index in [0.717, 1.165) is 11.6 Å². The molecular weight excluding hydrogens is 493 g/mol. The Morgan fingerprint density at radius 2 is 1.83 bits per heavy atom. The molecule has 5 N–H and O–H groups in total. The van der Waals surface area contributed by atoms with E-state index >= 15 is 0 Å². The Balaban J connectivity index is 1.59. The normalized spacial score (nSPS) is 12.0. The zero-order chi connectivity index (χ0) is 26.3. The highest BCUT2D eigenvalue weighted by Crippen LogP contribution is 2.38. The first kappa shape index (κ1) is 26.7. The maximum Gasteiger partial charge on any atom is 0.419 e. The molecular formula is C25H25F3N4O3S. The Hall–Kier alpha value is -3.86. The fourth-order valence-corrected chi connectivity index (χ4v) is 4.04. The minimum absolute atomic E-state index is 0.0953. The summed E-state index contributed by atoms with van der Waals surface area (Å²) in [5.41, 5.74) is 6.55. The summed E-state index contributed by atoms with van der Waals surface area (Å²) >= 11 is 1.50. The average Bonchev–Trinajstić information content (AvgIpc) is 3.32. The summed E-state index contributed by atoms with van der Waals surface area (Å²) in [6.07, 6.45) is -4.68. The van der Waals surface area contributed by atoms with E-state index in [0.29, 0.717) is 17.7 Å². The molecule has 0 aliphatic rings. The number of amides is 2. The number of halogens is 3. The molecule has 1 heterocycles. The van der Waals surface area contributed by atoms with Crippen LogP contribution in [-0.4, -0.2) is 24.3 Å². The number of nitrogens with two attached hydrogens (primary N) is 1. The predicted molar refractivity (Wildman–Crippen MR) is 132 cm³/mol. The number of anilines is 1. The Labute approximate surface area is 210 Å². The van der Waals surface area contributed by atoms with E-state index in [9.17, 15) is 22.8 Å². The van der Waals surface area contributed by atoms with Crippen molar-refractivity contribution in [1.29, 1.82) is 5.41 Å². The van der Waals surface area contributed by atoms with Crippen LogP contribution in [0.3, 0.4) is 0 Å². The van der Waals surface area contributed by atoms with Gasteiger partial charge in [0.15, 0.2) is 0 Å². The van der Waals surface area contributed by atoms with E-state index in [1.165, 1.54) is 42.5 Å². The molecule has 0 saturated heterocycles. The zero-order valence-electron chi connectivity index (χ0n) is 19.3. The number of rotatable bonds is 10. The third-order valence-electron chi connectivity index (χ3n) is 5.22. The van der Waals surface area contributed by atoms with Crippen molar-refractivity contribution >= 4 is 34.7 Å². The minimum atomic E-state index is -4.64. The van der Waals surface area contributed by atoms with Crippen molar-refractivity contribution in [3.05, 3.63) is 81.5 Å². The molecule has 1 aromatic heterocycles. The number of amidine groups is 1. The monoisotopic (exact) mass is 518 g/mol. The lowest BCUT2D eigenvalue weighted by Crippen LogP contribution is -2.30. The second-order valence-electron chi connectivity index (χ2n) is 7.99. The Morgan fingerprint density at radius 3 is 2.44 bits per heavy atom. The van der Waals surface area contributed by atoms with Crippen molar-refractivity contribution in [3.63, 3.8) is 0 Å². The van der Waals surface area contributed by atoms with E-state index in [1.807, 2.05) is 16.8 Å². The first-order valence-electron chi connectivity index (χ1n) is 10.9.